The summed E-state index contributed by atoms with van der Waals surface area (Å²) in [5.74, 6) is -0.893. The molecule has 10 heteroatoms. The summed E-state index contributed by atoms with van der Waals surface area (Å²) in [4.78, 5) is 40.5. The summed E-state index contributed by atoms with van der Waals surface area (Å²) in [6.45, 7) is 0.652. The van der Waals surface area contributed by atoms with E-state index in [-0.39, 0.29) is 38.6 Å². The third kappa shape index (κ3) is 6.70. The number of piperazine rings is 1. The van der Waals surface area contributed by atoms with Crippen LogP contribution in [0.4, 0.5) is 13.2 Å². The van der Waals surface area contributed by atoms with E-state index in [4.69, 9.17) is 4.74 Å². The largest absolute Gasteiger partial charge is 0.489 e. The number of benzene rings is 3. The van der Waals surface area contributed by atoms with Crippen LogP contribution in [0.15, 0.2) is 78.9 Å². The Morgan fingerprint density at radius 2 is 1.39 bits per heavy atom. The van der Waals surface area contributed by atoms with Gasteiger partial charge in [-0.1, -0.05) is 42.5 Å². The highest BCUT2D eigenvalue weighted by molar-refractivity contribution is 5.97. The predicted octanol–water partition coefficient (Wildman–Crippen LogP) is 4.00. The van der Waals surface area contributed by atoms with Gasteiger partial charge in [0, 0.05) is 31.7 Å². The summed E-state index contributed by atoms with van der Waals surface area (Å²) in [5, 5.41) is 2.58. The van der Waals surface area contributed by atoms with Crippen molar-refractivity contribution in [3.63, 3.8) is 0 Å². The number of amides is 3. The molecule has 0 bridgehead atoms. The monoisotopic (exact) mass is 525 g/mol. The van der Waals surface area contributed by atoms with Crippen LogP contribution in [-0.2, 0) is 17.6 Å². The molecular formula is C28H26F3N3O4. The minimum Gasteiger partial charge on any atom is -0.489 e. The number of rotatable bonds is 7. The summed E-state index contributed by atoms with van der Waals surface area (Å²) < 4.78 is 45.5. The zero-order valence-corrected chi connectivity index (χ0v) is 20.4. The molecule has 3 amide bonds. The van der Waals surface area contributed by atoms with Gasteiger partial charge in [-0.2, -0.15) is 13.2 Å². The minimum absolute atomic E-state index is 0.0924. The fourth-order valence-corrected chi connectivity index (χ4v) is 4.06. The number of carbonyl (C=O) groups is 3. The van der Waals surface area contributed by atoms with Crippen molar-refractivity contribution in [2.24, 2.45) is 0 Å². The number of halogens is 3. The molecule has 0 saturated carbocycles. The summed E-state index contributed by atoms with van der Waals surface area (Å²) in [5.41, 5.74) is -0.0155. The molecule has 1 saturated heterocycles. The van der Waals surface area contributed by atoms with E-state index in [1.54, 1.807) is 24.3 Å². The van der Waals surface area contributed by atoms with Crippen molar-refractivity contribution in [2.75, 3.05) is 32.7 Å². The number of ether oxygens (including phenoxy) is 1. The van der Waals surface area contributed by atoms with Gasteiger partial charge in [-0.25, -0.2) is 0 Å². The highest BCUT2D eigenvalue weighted by Gasteiger charge is 2.36. The second kappa shape index (κ2) is 11.8. The second-order valence-corrected chi connectivity index (χ2v) is 8.70. The normalized spacial score (nSPS) is 13.7. The Hall–Kier alpha value is -4.34. The van der Waals surface area contributed by atoms with Crippen molar-refractivity contribution in [3.8, 4) is 5.75 Å². The molecule has 7 nitrogen and oxygen atoms in total. The van der Waals surface area contributed by atoms with Crippen LogP contribution in [0.1, 0.15) is 31.8 Å². The molecule has 3 aromatic rings. The molecule has 38 heavy (non-hydrogen) atoms. The number of nitrogens with one attached hydrogen (secondary N) is 1. The SMILES string of the molecule is O=C(NCC(=O)N1CCN(C(=O)c2ccccc2C(F)(F)F)CC1)c1ccc(OCc2ccccc2)cc1. The van der Waals surface area contributed by atoms with Crippen LogP contribution in [0.5, 0.6) is 5.75 Å². The molecule has 198 valence electrons. The van der Waals surface area contributed by atoms with Gasteiger partial charge < -0.3 is 19.9 Å². The van der Waals surface area contributed by atoms with Gasteiger partial charge in [0.15, 0.2) is 0 Å². The molecule has 0 spiro atoms. The van der Waals surface area contributed by atoms with E-state index in [1.165, 1.54) is 21.9 Å². The molecular weight excluding hydrogens is 499 g/mol. The number of carbonyl (C=O) groups excluding carboxylic acids is 3. The molecule has 3 aromatic carbocycles. The molecule has 4 rings (SSSR count). The van der Waals surface area contributed by atoms with E-state index < -0.39 is 29.1 Å². The predicted molar refractivity (Wildman–Crippen MR) is 133 cm³/mol. The Bertz CT molecular complexity index is 1270. The number of nitrogens with zero attached hydrogens (tertiary/aromatic N) is 2. The lowest BCUT2D eigenvalue weighted by molar-refractivity contribution is -0.138. The van der Waals surface area contributed by atoms with Gasteiger partial charge in [0.1, 0.15) is 12.4 Å². The van der Waals surface area contributed by atoms with Gasteiger partial charge in [-0.15, -0.1) is 0 Å². The van der Waals surface area contributed by atoms with Crippen molar-refractivity contribution in [1.29, 1.82) is 0 Å². The molecule has 0 radical (unpaired) electrons. The topological polar surface area (TPSA) is 79.0 Å². The van der Waals surface area contributed by atoms with Gasteiger partial charge in [-0.3, -0.25) is 14.4 Å². The second-order valence-electron chi connectivity index (χ2n) is 8.70. The Morgan fingerprint density at radius 3 is 2.05 bits per heavy atom. The fraction of sp³-hybridized carbons (Fsp3) is 0.250. The van der Waals surface area contributed by atoms with Gasteiger partial charge >= 0.3 is 6.18 Å². The van der Waals surface area contributed by atoms with Gasteiger partial charge in [0.2, 0.25) is 5.91 Å². The number of alkyl halides is 3. The van der Waals surface area contributed by atoms with Crippen LogP contribution in [0.3, 0.4) is 0 Å². The van der Waals surface area contributed by atoms with Crippen LogP contribution in [0.25, 0.3) is 0 Å². The van der Waals surface area contributed by atoms with E-state index in [0.29, 0.717) is 17.9 Å². The van der Waals surface area contributed by atoms with Crippen LogP contribution in [0, 0.1) is 0 Å². The van der Waals surface area contributed by atoms with Gasteiger partial charge in [-0.05, 0) is 42.0 Å². The van der Waals surface area contributed by atoms with E-state index >= 15 is 0 Å². The summed E-state index contributed by atoms with van der Waals surface area (Å²) >= 11 is 0. The molecule has 1 heterocycles. The maximum atomic E-state index is 13.3. The fourth-order valence-electron chi connectivity index (χ4n) is 4.06. The van der Waals surface area contributed by atoms with Crippen molar-refractivity contribution >= 4 is 17.7 Å². The van der Waals surface area contributed by atoms with Gasteiger partial charge in [0.05, 0.1) is 17.7 Å². The van der Waals surface area contributed by atoms with Crippen LogP contribution in [-0.4, -0.2) is 60.2 Å². The lowest BCUT2D eigenvalue weighted by Crippen LogP contribution is -2.52. The van der Waals surface area contributed by atoms with Crippen LogP contribution < -0.4 is 10.1 Å². The molecule has 1 aliphatic heterocycles. The maximum Gasteiger partial charge on any atom is 0.417 e. The smallest absolute Gasteiger partial charge is 0.417 e. The van der Waals surface area contributed by atoms with Crippen molar-refractivity contribution < 1.29 is 32.3 Å². The summed E-state index contributed by atoms with van der Waals surface area (Å²) in [6.07, 6.45) is -4.64. The van der Waals surface area contributed by atoms with Crippen LogP contribution in [0.2, 0.25) is 0 Å². The summed E-state index contributed by atoms with van der Waals surface area (Å²) in [6, 6.07) is 20.9. The van der Waals surface area contributed by atoms with E-state index in [9.17, 15) is 27.6 Å². The number of hydrogen-bond acceptors (Lipinski definition) is 4. The zero-order valence-electron chi connectivity index (χ0n) is 20.4. The molecule has 1 N–H and O–H groups in total. The first kappa shape index (κ1) is 26.7. The van der Waals surface area contributed by atoms with E-state index in [2.05, 4.69) is 5.32 Å². The van der Waals surface area contributed by atoms with Crippen molar-refractivity contribution in [3.05, 3.63) is 101 Å². The van der Waals surface area contributed by atoms with E-state index in [0.717, 1.165) is 17.7 Å². The Morgan fingerprint density at radius 1 is 0.789 bits per heavy atom. The Kier molecular flexibility index (Phi) is 8.30. The maximum absolute atomic E-state index is 13.3. The average molecular weight is 526 g/mol. The first-order valence-electron chi connectivity index (χ1n) is 12.0. The molecule has 1 fully saturated rings. The first-order chi connectivity index (χ1) is 18.2. The first-order valence-corrected chi connectivity index (χ1v) is 12.0. The zero-order chi connectivity index (χ0) is 27.1. The lowest BCUT2D eigenvalue weighted by Gasteiger charge is -2.35. The third-order valence-electron chi connectivity index (χ3n) is 6.15. The van der Waals surface area contributed by atoms with Crippen LogP contribution >= 0.6 is 0 Å². The van der Waals surface area contributed by atoms with Crippen molar-refractivity contribution in [2.45, 2.75) is 12.8 Å². The molecule has 0 unspecified atom stereocenters. The van der Waals surface area contributed by atoms with E-state index in [1.807, 2.05) is 30.3 Å². The Labute approximate surface area is 217 Å². The lowest BCUT2D eigenvalue weighted by atomic mass is 10.1. The highest BCUT2D eigenvalue weighted by Crippen LogP contribution is 2.32. The standard InChI is InChI=1S/C28H26F3N3O4/c29-28(30,31)24-9-5-4-8-23(24)27(37)34-16-14-33(15-17-34)25(35)18-32-26(36)21-10-12-22(13-11-21)38-19-20-6-2-1-3-7-20/h1-13H,14-19H2,(H,32,36). The highest BCUT2D eigenvalue weighted by atomic mass is 19.4. The quantitative estimate of drug-likeness (QED) is 0.506. The number of hydrogen-bond donors (Lipinski definition) is 1. The average Bonchev–Trinajstić information content (AvgIpc) is 2.94. The van der Waals surface area contributed by atoms with Gasteiger partial charge in [0.25, 0.3) is 11.8 Å². The summed E-state index contributed by atoms with van der Waals surface area (Å²) in [7, 11) is 0. The molecule has 1 aliphatic rings. The molecule has 0 atom stereocenters. The Balaban J connectivity index is 1.23. The third-order valence-corrected chi connectivity index (χ3v) is 6.15. The minimum atomic E-state index is -4.64. The molecule has 0 aliphatic carbocycles. The van der Waals surface area contributed by atoms with Crippen molar-refractivity contribution in [1.82, 2.24) is 15.1 Å². The molecule has 0 aromatic heterocycles.